The van der Waals surface area contributed by atoms with Gasteiger partial charge in [-0.05, 0) is 18.9 Å². The minimum atomic E-state index is -0.453. The summed E-state index contributed by atoms with van der Waals surface area (Å²) >= 11 is 0. The molecule has 84 valence electrons. The van der Waals surface area contributed by atoms with Crippen molar-refractivity contribution in [3.63, 3.8) is 0 Å². The van der Waals surface area contributed by atoms with Gasteiger partial charge in [0.25, 0.3) is 0 Å². The van der Waals surface area contributed by atoms with Gasteiger partial charge in [-0.25, -0.2) is 0 Å². The van der Waals surface area contributed by atoms with E-state index in [0.717, 1.165) is 12.0 Å². The van der Waals surface area contributed by atoms with E-state index in [4.69, 9.17) is 4.74 Å². The second-order valence-corrected chi connectivity index (χ2v) is 3.72. The van der Waals surface area contributed by atoms with Crippen molar-refractivity contribution >= 4 is 5.97 Å². The Bertz CT molecular complexity index is 302. The fourth-order valence-electron chi connectivity index (χ4n) is 2.03. The highest BCUT2D eigenvalue weighted by atomic mass is 16.5. The minimum Gasteiger partial charge on any atom is -0.431 e. The van der Waals surface area contributed by atoms with Crippen LogP contribution in [0.4, 0.5) is 0 Å². The highest BCUT2D eigenvalue weighted by molar-refractivity contribution is 5.67. The van der Waals surface area contributed by atoms with Crippen LogP contribution in [0.2, 0.25) is 0 Å². The molecule has 1 rings (SSSR count). The largest absolute Gasteiger partial charge is 0.431 e. The Morgan fingerprint density at radius 1 is 1.67 bits per heavy atom. The fourth-order valence-corrected chi connectivity index (χ4v) is 2.03. The summed E-state index contributed by atoms with van der Waals surface area (Å²) in [5, 5.41) is 9.82. The lowest BCUT2D eigenvalue weighted by atomic mass is 9.97. The lowest BCUT2D eigenvalue weighted by molar-refractivity contribution is -0.137. The highest BCUT2D eigenvalue weighted by Crippen LogP contribution is 2.35. The van der Waals surface area contributed by atoms with Crippen molar-refractivity contribution in [2.75, 3.05) is 0 Å². The summed E-state index contributed by atoms with van der Waals surface area (Å²) in [4.78, 5) is 10.9. The lowest BCUT2D eigenvalue weighted by Crippen LogP contribution is -2.13. The number of hydrogen-bond donors (Lipinski definition) is 1. The first-order valence-corrected chi connectivity index (χ1v) is 5.31. The van der Waals surface area contributed by atoms with Crippen molar-refractivity contribution in [1.82, 2.24) is 0 Å². The van der Waals surface area contributed by atoms with Crippen molar-refractivity contribution in [2.24, 2.45) is 5.92 Å². The monoisotopic (exact) mass is 210 g/mol. The second kappa shape index (κ2) is 5.12. The van der Waals surface area contributed by atoms with E-state index in [2.05, 4.69) is 0 Å². The summed E-state index contributed by atoms with van der Waals surface area (Å²) in [6, 6.07) is 0. The highest BCUT2D eigenvalue weighted by Gasteiger charge is 2.32. The number of aliphatic hydroxyl groups is 1. The van der Waals surface area contributed by atoms with E-state index < -0.39 is 6.10 Å². The van der Waals surface area contributed by atoms with Crippen LogP contribution >= 0.6 is 0 Å². The predicted octanol–water partition coefficient (Wildman–Crippen LogP) is 2.17. The van der Waals surface area contributed by atoms with Gasteiger partial charge >= 0.3 is 5.97 Å². The molecule has 0 aliphatic heterocycles. The Morgan fingerprint density at radius 2 is 2.33 bits per heavy atom. The van der Waals surface area contributed by atoms with Gasteiger partial charge in [-0.2, -0.15) is 0 Å². The maximum Gasteiger partial charge on any atom is 0.307 e. The molecule has 0 aromatic rings. The summed E-state index contributed by atoms with van der Waals surface area (Å²) in [5.74, 6) is 0.347. The Balaban J connectivity index is 2.91. The average Bonchev–Trinajstić information content (AvgIpc) is 2.42. The number of hydrogen-bond acceptors (Lipinski definition) is 3. The van der Waals surface area contributed by atoms with Crippen LogP contribution in [-0.2, 0) is 9.53 Å². The number of carbonyl (C=O) groups is 1. The van der Waals surface area contributed by atoms with Crippen molar-refractivity contribution in [2.45, 2.75) is 39.7 Å². The molecule has 1 N–H and O–H groups in total. The predicted molar refractivity (Wildman–Crippen MR) is 58.0 cm³/mol. The maximum atomic E-state index is 10.9. The zero-order valence-corrected chi connectivity index (χ0v) is 9.49. The van der Waals surface area contributed by atoms with Gasteiger partial charge in [0.05, 0.1) is 6.10 Å². The first-order valence-electron chi connectivity index (χ1n) is 5.31. The molecule has 0 heterocycles. The van der Waals surface area contributed by atoms with Crippen LogP contribution in [0.25, 0.3) is 0 Å². The molecule has 2 atom stereocenters. The second-order valence-electron chi connectivity index (χ2n) is 3.72. The molecule has 3 heteroatoms. The summed E-state index contributed by atoms with van der Waals surface area (Å²) in [6.07, 6.45) is 4.66. The van der Waals surface area contributed by atoms with Gasteiger partial charge in [0.15, 0.2) is 0 Å². The zero-order valence-electron chi connectivity index (χ0n) is 9.49. The average molecular weight is 210 g/mol. The summed E-state index contributed by atoms with van der Waals surface area (Å²) in [6.45, 7) is 5.31. The third-order valence-electron chi connectivity index (χ3n) is 2.62. The third kappa shape index (κ3) is 2.69. The number of ether oxygens (including phenoxy) is 1. The van der Waals surface area contributed by atoms with Gasteiger partial charge in [0.2, 0.25) is 0 Å². The molecule has 3 nitrogen and oxygen atoms in total. The van der Waals surface area contributed by atoms with E-state index >= 15 is 0 Å². The van der Waals surface area contributed by atoms with Crippen LogP contribution < -0.4 is 0 Å². The quantitative estimate of drug-likeness (QED) is 0.573. The van der Waals surface area contributed by atoms with Crippen molar-refractivity contribution in [3.05, 3.63) is 23.5 Å². The molecule has 0 amide bonds. The van der Waals surface area contributed by atoms with Gasteiger partial charge < -0.3 is 9.84 Å². The van der Waals surface area contributed by atoms with Gasteiger partial charge in [-0.1, -0.05) is 19.1 Å². The molecule has 0 spiro atoms. The molecular formula is C12H18O3. The van der Waals surface area contributed by atoms with Crippen molar-refractivity contribution in [3.8, 4) is 0 Å². The van der Waals surface area contributed by atoms with Gasteiger partial charge in [-0.15, -0.1) is 0 Å². The van der Waals surface area contributed by atoms with E-state index in [1.807, 2.05) is 26.0 Å². The van der Waals surface area contributed by atoms with E-state index in [9.17, 15) is 9.90 Å². The number of aliphatic hydroxyl groups excluding tert-OH is 1. The van der Waals surface area contributed by atoms with Gasteiger partial charge in [0, 0.05) is 19.3 Å². The van der Waals surface area contributed by atoms with Crippen molar-refractivity contribution in [1.29, 1.82) is 0 Å². The van der Waals surface area contributed by atoms with Crippen LogP contribution in [0, 0.1) is 5.92 Å². The topological polar surface area (TPSA) is 46.5 Å². The molecule has 0 saturated heterocycles. The SMILES string of the molecule is C/C=C/[C@@H]1C(CC)=C(OC(C)=O)C[C@H]1O. The molecule has 0 unspecified atom stereocenters. The van der Waals surface area contributed by atoms with Crippen molar-refractivity contribution < 1.29 is 14.6 Å². The van der Waals surface area contributed by atoms with Gasteiger partial charge in [0.1, 0.15) is 5.76 Å². The van der Waals surface area contributed by atoms with E-state index in [1.165, 1.54) is 6.92 Å². The first-order chi connectivity index (χ1) is 7.10. The maximum absolute atomic E-state index is 10.9. The van der Waals surface area contributed by atoms with Crippen LogP contribution in [-0.4, -0.2) is 17.2 Å². The smallest absolute Gasteiger partial charge is 0.307 e. The van der Waals surface area contributed by atoms with Crippen LogP contribution in [0.5, 0.6) is 0 Å². The third-order valence-corrected chi connectivity index (χ3v) is 2.62. The van der Waals surface area contributed by atoms with Crippen LogP contribution in [0.15, 0.2) is 23.5 Å². The fraction of sp³-hybridized carbons (Fsp3) is 0.583. The Hall–Kier alpha value is -1.09. The Morgan fingerprint density at radius 3 is 2.80 bits per heavy atom. The lowest BCUT2D eigenvalue weighted by Gasteiger charge is -2.12. The molecule has 0 saturated carbocycles. The molecule has 0 radical (unpaired) electrons. The Labute approximate surface area is 90.4 Å². The summed E-state index contributed by atoms with van der Waals surface area (Å²) in [5.41, 5.74) is 1.04. The molecular weight excluding hydrogens is 192 g/mol. The molecule has 1 aliphatic rings. The molecule has 15 heavy (non-hydrogen) atoms. The summed E-state index contributed by atoms with van der Waals surface area (Å²) < 4.78 is 5.11. The summed E-state index contributed by atoms with van der Waals surface area (Å²) in [7, 11) is 0. The van der Waals surface area contributed by atoms with E-state index in [1.54, 1.807) is 0 Å². The zero-order chi connectivity index (χ0) is 11.4. The standard InChI is InChI=1S/C12H18O3/c1-4-6-10-9(5-2)12(7-11(10)14)15-8(3)13/h4,6,10-11,14H,5,7H2,1-3H3/b6-4+/t10-,11-/m1/s1. The normalized spacial score (nSPS) is 26.4. The first kappa shape index (κ1) is 12.0. The Kier molecular flexibility index (Phi) is 4.09. The molecule has 0 fully saturated rings. The number of rotatable bonds is 3. The number of carbonyl (C=O) groups excluding carboxylic acids is 1. The van der Waals surface area contributed by atoms with Crippen LogP contribution in [0.3, 0.4) is 0 Å². The molecule has 0 aromatic heterocycles. The number of esters is 1. The van der Waals surface area contributed by atoms with E-state index in [-0.39, 0.29) is 11.9 Å². The van der Waals surface area contributed by atoms with Gasteiger partial charge in [-0.3, -0.25) is 4.79 Å². The minimum absolute atomic E-state index is 0.00866. The van der Waals surface area contributed by atoms with Crippen LogP contribution in [0.1, 0.15) is 33.6 Å². The molecule has 0 aromatic carbocycles. The van der Waals surface area contributed by atoms with E-state index in [0.29, 0.717) is 12.2 Å². The number of allylic oxidation sites excluding steroid dienone is 1. The molecule has 1 aliphatic carbocycles. The molecule has 0 bridgehead atoms.